The first-order valence-corrected chi connectivity index (χ1v) is 6.45. The number of benzene rings is 2. The third kappa shape index (κ3) is 4.14. The van der Waals surface area contributed by atoms with Crippen molar-refractivity contribution in [2.45, 2.75) is 12.9 Å². The van der Waals surface area contributed by atoms with Gasteiger partial charge in [-0.25, -0.2) is 0 Å². The Hall–Kier alpha value is -3.19. The quantitative estimate of drug-likeness (QED) is 0.927. The molecule has 2 rings (SSSR count). The number of nitriles is 2. The Labute approximate surface area is 130 Å². The van der Waals surface area contributed by atoms with Crippen molar-refractivity contribution < 1.29 is 17.9 Å². The van der Waals surface area contributed by atoms with Gasteiger partial charge in [0, 0.05) is 12.1 Å². The summed E-state index contributed by atoms with van der Waals surface area (Å²) in [6.45, 7) is -0.0281. The Morgan fingerprint density at radius 2 is 1.57 bits per heavy atom. The molecule has 0 saturated heterocycles. The highest BCUT2D eigenvalue weighted by atomic mass is 19.4. The van der Waals surface area contributed by atoms with E-state index in [1.165, 1.54) is 30.3 Å². The lowest BCUT2D eigenvalue weighted by atomic mass is 10.1. The number of rotatable bonds is 4. The van der Waals surface area contributed by atoms with E-state index in [0.29, 0.717) is 0 Å². The van der Waals surface area contributed by atoms with E-state index in [2.05, 4.69) is 10.1 Å². The first-order valence-electron chi connectivity index (χ1n) is 6.45. The summed E-state index contributed by atoms with van der Waals surface area (Å²) in [6.07, 6.45) is -4.79. The van der Waals surface area contributed by atoms with Gasteiger partial charge in [0.1, 0.15) is 17.9 Å². The molecule has 2 aromatic carbocycles. The zero-order chi connectivity index (χ0) is 16.9. The maximum atomic E-state index is 12.4. The van der Waals surface area contributed by atoms with Crippen molar-refractivity contribution in [3.63, 3.8) is 0 Å². The molecule has 23 heavy (non-hydrogen) atoms. The summed E-state index contributed by atoms with van der Waals surface area (Å²) in [5.74, 6) is -0.333. The van der Waals surface area contributed by atoms with Gasteiger partial charge in [0.05, 0.1) is 16.8 Å². The first-order chi connectivity index (χ1) is 10.9. The smallest absolute Gasteiger partial charge is 0.405 e. The molecule has 2 aromatic rings. The van der Waals surface area contributed by atoms with Crippen molar-refractivity contribution in [1.29, 1.82) is 10.5 Å². The van der Waals surface area contributed by atoms with E-state index < -0.39 is 6.36 Å². The number of alkyl halides is 3. The minimum absolute atomic E-state index is 0.0281. The summed E-state index contributed by atoms with van der Waals surface area (Å²) in [7, 11) is 0. The van der Waals surface area contributed by atoms with Gasteiger partial charge in [-0.2, -0.15) is 10.5 Å². The summed E-state index contributed by atoms with van der Waals surface area (Å²) in [5.41, 5.74) is 0.998. The summed E-state index contributed by atoms with van der Waals surface area (Å²) in [4.78, 5) is 0. The van der Waals surface area contributed by atoms with Gasteiger partial charge < -0.3 is 10.1 Å². The Morgan fingerprint density at radius 1 is 0.957 bits per heavy atom. The van der Waals surface area contributed by atoms with E-state index in [0.717, 1.165) is 0 Å². The maximum Gasteiger partial charge on any atom is 0.573 e. The van der Waals surface area contributed by atoms with E-state index in [1.54, 1.807) is 12.1 Å². The van der Waals surface area contributed by atoms with Gasteiger partial charge in [0.25, 0.3) is 0 Å². The number of anilines is 1. The van der Waals surface area contributed by atoms with E-state index >= 15 is 0 Å². The Kier molecular flexibility index (Phi) is 4.72. The lowest BCUT2D eigenvalue weighted by Gasteiger charge is -2.15. The third-order valence-corrected chi connectivity index (χ3v) is 2.96. The van der Waals surface area contributed by atoms with Crippen LogP contribution in [0.3, 0.4) is 0 Å². The highest BCUT2D eigenvalue weighted by Crippen LogP contribution is 2.28. The molecule has 0 radical (unpaired) electrons. The molecule has 1 N–H and O–H groups in total. The standard InChI is InChI=1S/C16H10F3N3O/c17-16(18,19)23-14-7-2-1-4-13(14)10-22-15-11(8-20)5-3-6-12(15)9-21/h1-7,22H,10H2. The van der Waals surface area contributed by atoms with Crippen LogP contribution in [0.15, 0.2) is 42.5 Å². The van der Waals surface area contributed by atoms with E-state index in [9.17, 15) is 13.2 Å². The number of hydrogen-bond acceptors (Lipinski definition) is 4. The fraction of sp³-hybridized carbons (Fsp3) is 0.125. The van der Waals surface area contributed by atoms with Gasteiger partial charge in [-0.15, -0.1) is 13.2 Å². The summed E-state index contributed by atoms with van der Waals surface area (Å²) >= 11 is 0. The Balaban J connectivity index is 2.27. The third-order valence-electron chi connectivity index (χ3n) is 2.96. The van der Waals surface area contributed by atoms with Crippen LogP contribution >= 0.6 is 0 Å². The molecule has 0 unspecified atom stereocenters. The molecule has 0 aliphatic carbocycles. The fourth-order valence-corrected chi connectivity index (χ4v) is 1.99. The van der Waals surface area contributed by atoms with Crippen LogP contribution in [0.4, 0.5) is 18.9 Å². The largest absolute Gasteiger partial charge is 0.573 e. The topological polar surface area (TPSA) is 68.8 Å². The Bertz CT molecular complexity index is 756. The SMILES string of the molecule is N#Cc1cccc(C#N)c1NCc1ccccc1OC(F)(F)F. The van der Waals surface area contributed by atoms with Crippen molar-refractivity contribution in [1.82, 2.24) is 0 Å². The molecule has 0 fully saturated rings. The van der Waals surface area contributed by atoms with Gasteiger partial charge in [0.15, 0.2) is 0 Å². The molecule has 0 aliphatic rings. The molecule has 7 heteroatoms. The summed E-state index contributed by atoms with van der Waals surface area (Å²) in [6, 6.07) is 14.1. The first kappa shape index (κ1) is 16.2. The van der Waals surface area contributed by atoms with Crippen LogP contribution in [0.1, 0.15) is 16.7 Å². The molecular formula is C16H10F3N3O. The van der Waals surface area contributed by atoms with Gasteiger partial charge in [-0.1, -0.05) is 24.3 Å². The molecule has 4 nitrogen and oxygen atoms in total. The van der Waals surface area contributed by atoms with Crippen LogP contribution < -0.4 is 10.1 Å². The predicted octanol–water partition coefficient (Wildman–Crippen LogP) is 3.94. The average Bonchev–Trinajstić information content (AvgIpc) is 2.52. The Morgan fingerprint density at radius 3 is 2.13 bits per heavy atom. The minimum Gasteiger partial charge on any atom is -0.405 e. The molecule has 0 spiro atoms. The van der Waals surface area contributed by atoms with Crippen LogP contribution in [0.2, 0.25) is 0 Å². The number of para-hydroxylation sites is 2. The number of ether oxygens (including phenoxy) is 1. The maximum absolute atomic E-state index is 12.4. The lowest BCUT2D eigenvalue weighted by Crippen LogP contribution is -2.18. The van der Waals surface area contributed by atoms with Crippen molar-refractivity contribution in [3.8, 4) is 17.9 Å². The number of halogens is 3. The van der Waals surface area contributed by atoms with Gasteiger partial charge >= 0.3 is 6.36 Å². The average molecular weight is 317 g/mol. The van der Waals surface area contributed by atoms with Gasteiger partial charge in [0.2, 0.25) is 0 Å². The van der Waals surface area contributed by atoms with Crippen molar-refractivity contribution in [3.05, 3.63) is 59.2 Å². The molecule has 0 bridgehead atoms. The van der Waals surface area contributed by atoms with Crippen LogP contribution in [0.25, 0.3) is 0 Å². The summed E-state index contributed by atoms with van der Waals surface area (Å²) < 4.78 is 41.1. The van der Waals surface area contributed by atoms with Crippen LogP contribution in [-0.4, -0.2) is 6.36 Å². The highest BCUT2D eigenvalue weighted by Gasteiger charge is 2.31. The second-order valence-corrected chi connectivity index (χ2v) is 4.46. The normalized spacial score (nSPS) is 10.5. The molecule has 0 atom stereocenters. The zero-order valence-electron chi connectivity index (χ0n) is 11.7. The van der Waals surface area contributed by atoms with E-state index in [-0.39, 0.29) is 34.7 Å². The second-order valence-electron chi connectivity index (χ2n) is 4.46. The zero-order valence-corrected chi connectivity index (χ0v) is 11.7. The van der Waals surface area contributed by atoms with E-state index in [1.807, 2.05) is 12.1 Å². The monoisotopic (exact) mass is 317 g/mol. The van der Waals surface area contributed by atoms with Crippen LogP contribution in [-0.2, 0) is 6.54 Å². The molecule has 0 aromatic heterocycles. The fourth-order valence-electron chi connectivity index (χ4n) is 1.99. The highest BCUT2D eigenvalue weighted by molar-refractivity contribution is 5.66. The number of nitrogens with one attached hydrogen (secondary N) is 1. The van der Waals surface area contributed by atoms with Crippen molar-refractivity contribution >= 4 is 5.69 Å². The van der Waals surface area contributed by atoms with Gasteiger partial charge in [-0.3, -0.25) is 0 Å². The molecule has 116 valence electrons. The molecule has 0 heterocycles. The van der Waals surface area contributed by atoms with Crippen molar-refractivity contribution in [2.24, 2.45) is 0 Å². The number of nitrogens with zero attached hydrogens (tertiary/aromatic N) is 2. The van der Waals surface area contributed by atoms with Crippen molar-refractivity contribution in [2.75, 3.05) is 5.32 Å². The van der Waals surface area contributed by atoms with Gasteiger partial charge in [-0.05, 0) is 18.2 Å². The molecule has 0 saturated carbocycles. The number of hydrogen-bond donors (Lipinski definition) is 1. The molecular weight excluding hydrogens is 307 g/mol. The second kappa shape index (κ2) is 6.71. The lowest BCUT2D eigenvalue weighted by molar-refractivity contribution is -0.274. The molecule has 0 amide bonds. The van der Waals surface area contributed by atoms with Crippen LogP contribution in [0, 0.1) is 22.7 Å². The van der Waals surface area contributed by atoms with E-state index in [4.69, 9.17) is 10.5 Å². The summed E-state index contributed by atoms with van der Waals surface area (Å²) in [5, 5.41) is 21.0. The minimum atomic E-state index is -4.79. The van der Waals surface area contributed by atoms with Crippen LogP contribution in [0.5, 0.6) is 5.75 Å². The predicted molar refractivity (Wildman–Crippen MR) is 76.3 cm³/mol. The molecule has 0 aliphatic heterocycles.